The molecule has 2 aliphatic heterocycles. The van der Waals surface area contributed by atoms with Crippen LogP contribution in [-0.2, 0) is 9.53 Å². The first-order valence-corrected chi connectivity index (χ1v) is 9.43. The van der Waals surface area contributed by atoms with Gasteiger partial charge in [0.2, 0.25) is 5.91 Å². The number of piperidine rings is 2. The molecule has 0 unspecified atom stereocenters. The van der Waals surface area contributed by atoms with Crippen LogP contribution >= 0.6 is 0 Å². The first-order chi connectivity index (χ1) is 13.1. The van der Waals surface area contributed by atoms with Gasteiger partial charge in [0.15, 0.2) is 0 Å². The van der Waals surface area contributed by atoms with Crippen molar-refractivity contribution in [2.24, 2.45) is 5.92 Å². The van der Waals surface area contributed by atoms with Crippen LogP contribution in [0, 0.1) is 11.7 Å². The van der Waals surface area contributed by atoms with E-state index in [2.05, 4.69) is 4.98 Å². The number of methoxy groups -OCH3 is 1. The van der Waals surface area contributed by atoms with E-state index in [1.165, 1.54) is 19.2 Å². The van der Waals surface area contributed by atoms with Gasteiger partial charge in [-0.2, -0.15) is 0 Å². The van der Waals surface area contributed by atoms with Crippen molar-refractivity contribution in [3.8, 4) is 0 Å². The lowest BCUT2D eigenvalue weighted by Crippen LogP contribution is -2.57. The molecule has 0 bridgehead atoms. The van der Waals surface area contributed by atoms with E-state index in [1.807, 2.05) is 9.80 Å². The van der Waals surface area contributed by atoms with Crippen LogP contribution in [0.3, 0.4) is 0 Å². The second-order valence-corrected chi connectivity index (χ2v) is 7.44. The van der Waals surface area contributed by atoms with Crippen LogP contribution in [0.2, 0.25) is 0 Å². The number of likely N-dealkylation sites (tertiary alicyclic amines) is 2. The van der Waals surface area contributed by atoms with Gasteiger partial charge in [-0.15, -0.1) is 0 Å². The predicted molar refractivity (Wildman–Crippen MR) is 98.9 cm³/mol. The van der Waals surface area contributed by atoms with E-state index in [9.17, 15) is 14.0 Å². The van der Waals surface area contributed by atoms with Crippen LogP contribution in [-0.4, -0.2) is 66.0 Å². The number of hydrogen-bond acceptors (Lipinski definition) is 3. The van der Waals surface area contributed by atoms with Crippen molar-refractivity contribution in [1.82, 2.24) is 14.8 Å². The smallest absolute Gasteiger partial charge is 0.270 e. The van der Waals surface area contributed by atoms with Gasteiger partial charge in [0.25, 0.3) is 5.91 Å². The fourth-order valence-electron chi connectivity index (χ4n) is 4.47. The number of nitrogens with one attached hydrogen (secondary N) is 1. The lowest BCUT2D eigenvalue weighted by molar-refractivity contribution is -0.138. The van der Waals surface area contributed by atoms with Crippen molar-refractivity contribution in [3.05, 3.63) is 35.8 Å². The van der Waals surface area contributed by atoms with Crippen LogP contribution in [0.1, 0.15) is 29.8 Å². The molecule has 27 heavy (non-hydrogen) atoms. The summed E-state index contributed by atoms with van der Waals surface area (Å²) in [5.74, 6) is -0.0549. The summed E-state index contributed by atoms with van der Waals surface area (Å²) in [4.78, 5) is 32.2. The van der Waals surface area contributed by atoms with Crippen molar-refractivity contribution < 1.29 is 18.7 Å². The van der Waals surface area contributed by atoms with Crippen molar-refractivity contribution in [2.45, 2.75) is 25.3 Å². The number of fused-ring (bicyclic) bond motifs is 2. The van der Waals surface area contributed by atoms with E-state index in [4.69, 9.17) is 4.74 Å². The number of ether oxygens (including phenoxy) is 1. The highest BCUT2D eigenvalue weighted by Gasteiger charge is 2.39. The maximum Gasteiger partial charge on any atom is 0.270 e. The third-order valence-electron chi connectivity index (χ3n) is 5.76. The second kappa shape index (κ2) is 7.31. The van der Waals surface area contributed by atoms with E-state index in [0.717, 1.165) is 31.3 Å². The molecule has 7 heteroatoms. The Morgan fingerprint density at radius 1 is 1.26 bits per heavy atom. The van der Waals surface area contributed by atoms with Gasteiger partial charge in [-0.25, -0.2) is 4.39 Å². The average molecular weight is 373 g/mol. The number of rotatable bonds is 3. The standard InChI is InChI=1S/C20H24FN3O3/c1-27-12-19(25)23-8-6-18-13(11-23)3-2-7-24(18)20(26)17-10-14-9-15(21)4-5-16(14)22-17/h4-5,9-10,13,18,22H,2-3,6-8,11-12H2,1H3/t13-,18+/m1/s1. The van der Waals surface area contributed by atoms with Crippen molar-refractivity contribution >= 4 is 22.7 Å². The van der Waals surface area contributed by atoms with E-state index < -0.39 is 0 Å². The zero-order valence-electron chi connectivity index (χ0n) is 15.4. The quantitative estimate of drug-likeness (QED) is 0.899. The Morgan fingerprint density at radius 2 is 2.11 bits per heavy atom. The number of carbonyl (C=O) groups is 2. The highest BCUT2D eigenvalue weighted by molar-refractivity contribution is 5.98. The van der Waals surface area contributed by atoms with E-state index >= 15 is 0 Å². The highest BCUT2D eigenvalue weighted by Crippen LogP contribution is 2.32. The van der Waals surface area contributed by atoms with Crippen molar-refractivity contribution in [2.75, 3.05) is 33.4 Å². The molecule has 1 aromatic carbocycles. The number of amides is 2. The largest absolute Gasteiger partial charge is 0.375 e. The summed E-state index contributed by atoms with van der Waals surface area (Å²) in [6.45, 7) is 2.14. The fraction of sp³-hybridized carbons (Fsp3) is 0.500. The second-order valence-electron chi connectivity index (χ2n) is 7.44. The minimum absolute atomic E-state index is 0.0112. The Morgan fingerprint density at radius 3 is 2.93 bits per heavy atom. The molecule has 4 rings (SSSR count). The highest BCUT2D eigenvalue weighted by atomic mass is 19.1. The lowest BCUT2D eigenvalue weighted by atomic mass is 9.83. The van der Waals surface area contributed by atoms with Gasteiger partial charge >= 0.3 is 0 Å². The summed E-state index contributed by atoms with van der Waals surface area (Å²) in [5, 5.41) is 0.701. The van der Waals surface area contributed by atoms with Gasteiger partial charge < -0.3 is 19.5 Å². The maximum absolute atomic E-state index is 13.4. The van der Waals surface area contributed by atoms with Gasteiger partial charge in [-0.1, -0.05) is 0 Å². The molecular formula is C20H24FN3O3. The molecule has 0 spiro atoms. The molecule has 3 heterocycles. The molecule has 6 nitrogen and oxygen atoms in total. The topological polar surface area (TPSA) is 65.6 Å². The summed E-state index contributed by atoms with van der Waals surface area (Å²) in [6, 6.07) is 6.33. The summed E-state index contributed by atoms with van der Waals surface area (Å²) in [7, 11) is 1.53. The molecule has 2 amide bonds. The van der Waals surface area contributed by atoms with E-state index in [1.54, 1.807) is 12.1 Å². The number of hydrogen-bond donors (Lipinski definition) is 1. The number of H-pyrrole nitrogens is 1. The first-order valence-electron chi connectivity index (χ1n) is 9.43. The zero-order chi connectivity index (χ0) is 19.0. The minimum atomic E-state index is -0.313. The third kappa shape index (κ3) is 3.43. The van der Waals surface area contributed by atoms with E-state index in [0.29, 0.717) is 30.1 Å². The van der Waals surface area contributed by atoms with Crippen LogP contribution in [0.25, 0.3) is 10.9 Å². The number of carbonyl (C=O) groups excluding carboxylic acids is 2. The van der Waals surface area contributed by atoms with Crippen LogP contribution in [0.5, 0.6) is 0 Å². The predicted octanol–water partition coefficient (Wildman–Crippen LogP) is 2.41. The first kappa shape index (κ1) is 18.0. The minimum Gasteiger partial charge on any atom is -0.375 e. The average Bonchev–Trinajstić information content (AvgIpc) is 3.09. The number of benzene rings is 1. The molecule has 2 atom stereocenters. The molecule has 0 radical (unpaired) electrons. The number of nitrogens with zero attached hydrogens (tertiary/aromatic N) is 2. The molecule has 2 aliphatic rings. The molecule has 2 saturated heterocycles. The molecule has 144 valence electrons. The zero-order valence-corrected chi connectivity index (χ0v) is 15.4. The molecule has 1 aromatic heterocycles. The van der Waals surface area contributed by atoms with E-state index in [-0.39, 0.29) is 30.3 Å². The van der Waals surface area contributed by atoms with Crippen molar-refractivity contribution in [1.29, 1.82) is 0 Å². The Bertz CT molecular complexity index is 865. The fourth-order valence-corrected chi connectivity index (χ4v) is 4.47. The van der Waals surface area contributed by atoms with Crippen molar-refractivity contribution in [3.63, 3.8) is 0 Å². The SMILES string of the molecule is COCC(=O)N1CC[C@H]2[C@H](CCCN2C(=O)c2cc3cc(F)ccc3[nH]2)C1. The molecule has 0 saturated carbocycles. The van der Waals surface area contributed by atoms with Gasteiger partial charge in [0.05, 0.1) is 0 Å². The van der Waals surface area contributed by atoms with Gasteiger partial charge in [-0.05, 0) is 49.4 Å². The van der Waals surface area contributed by atoms with Crippen LogP contribution in [0.4, 0.5) is 4.39 Å². The summed E-state index contributed by atoms with van der Waals surface area (Å²) in [6.07, 6.45) is 2.72. The summed E-state index contributed by atoms with van der Waals surface area (Å²) >= 11 is 0. The molecule has 0 aliphatic carbocycles. The monoisotopic (exact) mass is 373 g/mol. The van der Waals surface area contributed by atoms with Gasteiger partial charge in [0, 0.05) is 43.7 Å². The summed E-state index contributed by atoms with van der Waals surface area (Å²) < 4.78 is 18.4. The molecule has 1 N–H and O–H groups in total. The Labute approximate surface area is 157 Å². The van der Waals surface area contributed by atoms with Gasteiger partial charge in [0.1, 0.15) is 18.1 Å². The summed E-state index contributed by atoms with van der Waals surface area (Å²) in [5.41, 5.74) is 1.25. The number of aromatic amines is 1. The molecule has 2 fully saturated rings. The molecular weight excluding hydrogens is 349 g/mol. The number of halogens is 1. The lowest BCUT2D eigenvalue weighted by Gasteiger charge is -2.47. The number of aromatic nitrogens is 1. The van der Waals surface area contributed by atoms with Crippen LogP contribution < -0.4 is 0 Å². The Kier molecular flexibility index (Phi) is 4.86. The third-order valence-corrected chi connectivity index (χ3v) is 5.76. The van der Waals surface area contributed by atoms with Gasteiger partial charge in [-0.3, -0.25) is 9.59 Å². The maximum atomic E-state index is 13.4. The Balaban J connectivity index is 1.51. The normalized spacial score (nSPS) is 22.7. The van der Waals surface area contributed by atoms with Crippen LogP contribution in [0.15, 0.2) is 24.3 Å². The molecule has 2 aromatic rings. The Hall–Kier alpha value is -2.41.